The number of nitrogen functional groups attached to an aromatic ring is 1. The van der Waals surface area contributed by atoms with Gasteiger partial charge in [0.2, 0.25) is 0 Å². The summed E-state index contributed by atoms with van der Waals surface area (Å²) in [5.74, 6) is 0. The molecule has 0 fully saturated rings. The molecule has 5 heteroatoms. The zero-order valence-corrected chi connectivity index (χ0v) is 9.82. The summed E-state index contributed by atoms with van der Waals surface area (Å²) in [6.45, 7) is 1.85. The third kappa shape index (κ3) is 3.98. The highest BCUT2D eigenvalue weighted by Crippen LogP contribution is 2.20. The molecular formula is C11H17ClN2O2. The summed E-state index contributed by atoms with van der Waals surface area (Å²) in [6.07, 6.45) is 0. The van der Waals surface area contributed by atoms with Crippen molar-refractivity contribution in [3.05, 3.63) is 28.8 Å². The molecule has 0 saturated heterocycles. The molecule has 0 aliphatic carbocycles. The van der Waals surface area contributed by atoms with Crippen molar-refractivity contribution in [3.8, 4) is 0 Å². The highest BCUT2D eigenvalue weighted by Gasteiger charge is 2.06. The lowest BCUT2D eigenvalue weighted by Crippen LogP contribution is -2.29. The molecule has 0 heterocycles. The molecule has 0 radical (unpaired) electrons. The Morgan fingerprint density at radius 3 is 2.31 bits per heavy atom. The molecule has 0 unspecified atom stereocenters. The summed E-state index contributed by atoms with van der Waals surface area (Å²) in [5.41, 5.74) is 7.26. The average Bonchev–Trinajstić information content (AvgIpc) is 2.24. The molecule has 1 aromatic carbocycles. The van der Waals surface area contributed by atoms with E-state index in [0.29, 0.717) is 30.3 Å². The van der Waals surface area contributed by atoms with Crippen LogP contribution in [-0.2, 0) is 6.54 Å². The lowest BCUT2D eigenvalue weighted by Gasteiger charge is -2.20. The molecule has 90 valence electrons. The van der Waals surface area contributed by atoms with Gasteiger partial charge in [0.15, 0.2) is 0 Å². The first-order chi connectivity index (χ1) is 7.67. The van der Waals surface area contributed by atoms with Crippen molar-refractivity contribution >= 4 is 17.3 Å². The number of benzene rings is 1. The molecule has 0 spiro atoms. The van der Waals surface area contributed by atoms with Crippen LogP contribution in [0.4, 0.5) is 5.69 Å². The molecule has 4 N–H and O–H groups in total. The topological polar surface area (TPSA) is 69.7 Å². The number of halogens is 1. The van der Waals surface area contributed by atoms with Crippen LogP contribution in [0.15, 0.2) is 18.2 Å². The van der Waals surface area contributed by atoms with Gasteiger partial charge in [-0.15, -0.1) is 0 Å². The highest BCUT2D eigenvalue weighted by molar-refractivity contribution is 6.33. The van der Waals surface area contributed by atoms with Crippen molar-refractivity contribution < 1.29 is 10.2 Å². The fourth-order valence-corrected chi connectivity index (χ4v) is 1.62. The number of nitrogens with two attached hydrogens (primary N) is 1. The quantitative estimate of drug-likeness (QED) is 0.645. The molecule has 1 rings (SSSR count). The number of hydrogen-bond donors (Lipinski definition) is 3. The third-order valence-electron chi connectivity index (χ3n) is 2.30. The Labute approximate surface area is 100 Å². The van der Waals surface area contributed by atoms with E-state index in [1.54, 1.807) is 6.07 Å². The number of hydrogen-bond acceptors (Lipinski definition) is 4. The summed E-state index contributed by atoms with van der Waals surface area (Å²) >= 11 is 5.82. The minimum atomic E-state index is 0.0725. The van der Waals surface area contributed by atoms with Crippen molar-refractivity contribution in [2.75, 3.05) is 32.0 Å². The Morgan fingerprint density at radius 1 is 1.19 bits per heavy atom. The van der Waals surface area contributed by atoms with E-state index in [9.17, 15) is 0 Å². The van der Waals surface area contributed by atoms with Crippen LogP contribution in [0, 0.1) is 0 Å². The van der Waals surface area contributed by atoms with Gasteiger partial charge in [0, 0.05) is 19.6 Å². The predicted molar refractivity (Wildman–Crippen MR) is 65.3 cm³/mol. The fraction of sp³-hybridized carbons (Fsp3) is 0.455. The van der Waals surface area contributed by atoms with Crippen LogP contribution >= 0.6 is 11.6 Å². The summed E-state index contributed by atoms with van der Waals surface area (Å²) in [6, 6.07) is 5.45. The van der Waals surface area contributed by atoms with E-state index in [-0.39, 0.29) is 13.2 Å². The molecule has 0 aromatic heterocycles. The van der Waals surface area contributed by atoms with Crippen LogP contribution in [0.5, 0.6) is 0 Å². The second-order valence-electron chi connectivity index (χ2n) is 3.58. The van der Waals surface area contributed by atoms with E-state index >= 15 is 0 Å². The Kier molecular flexibility index (Phi) is 5.55. The van der Waals surface area contributed by atoms with Gasteiger partial charge in [-0.2, -0.15) is 0 Å². The zero-order valence-electron chi connectivity index (χ0n) is 9.06. The van der Waals surface area contributed by atoms with Crippen LogP contribution in [0.25, 0.3) is 0 Å². The molecule has 0 aliphatic heterocycles. The van der Waals surface area contributed by atoms with Gasteiger partial charge in [-0.25, -0.2) is 0 Å². The fourth-order valence-electron chi connectivity index (χ4n) is 1.50. The van der Waals surface area contributed by atoms with Gasteiger partial charge in [-0.05, 0) is 17.7 Å². The predicted octanol–water partition coefficient (Wildman–Crippen LogP) is 0.709. The van der Waals surface area contributed by atoms with E-state index in [1.807, 2.05) is 17.0 Å². The van der Waals surface area contributed by atoms with Gasteiger partial charge in [-0.1, -0.05) is 17.7 Å². The van der Waals surface area contributed by atoms with Gasteiger partial charge < -0.3 is 15.9 Å². The summed E-state index contributed by atoms with van der Waals surface area (Å²) in [5, 5.41) is 18.3. The van der Waals surface area contributed by atoms with Crippen molar-refractivity contribution in [1.29, 1.82) is 0 Å². The first-order valence-corrected chi connectivity index (χ1v) is 5.53. The molecule has 0 bridgehead atoms. The second kappa shape index (κ2) is 6.70. The Balaban J connectivity index is 2.65. The number of anilines is 1. The molecular weight excluding hydrogens is 228 g/mol. The number of aliphatic hydroxyl groups is 2. The number of aliphatic hydroxyl groups excluding tert-OH is 2. The minimum Gasteiger partial charge on any atom is -0.398 e. The number of rotatable bonds is 6. The standard InChI is InChI=1S/C11H17ClN2O2/c12-10-2-1-9(7-11(10)13)8-14(3-5-15)4-6-16/h1-2,7,15-16H,3-6,8,13H2. The Morgan fingerprint density at radius 2 is 1.81 bits per heavy atom. The second-order valence-corrected chi connectivity index (χ2v) is 3.99. The maximum absolute atomic E-state index is 8.87. The van der Waals surface area contributed by atoms with Crippen molar-refractivity contribution in [1.82, 2.24) is 4.90 Å². The van der Waals surface area contributed by atoms with Gasteiger partial charge >= 0.3 is 0 Å². The maximum atomic E-state index is 8.87. The van der Waals surface area contributed by atoms with E-state index in [1.165, 1.54) is 0 Å². The normalized spacial score (nSPS) is 11.0. The molecule has 1 aromatic rings. The molecule has 0 saturated carbocycles. The van der Waals surface area contributed by atoms with Crippen LogP contribution in [0.3, 0.4) is 0 Å². The van der Waals surface area contributed by atoms with Crippen LogP contribution in [0.2, 0.25) is 5.02 Å². The van der Waals surface area contributed by atoms with Crippen LogP contribution in [0.1, 0.15) is 5.56 Å². The average molecular weight is 245 g/mol. The third-order valence-corrected chi connectivity index (χ3v) is 2.64. The Hall–Kier alpha value is -0.810. The van der Waals surface area contributed by atoms with Crippen LogP contribution in [-0.4, -0.2) is 41.4 Å². The largest absolute Gasteiger partial charge is 0.398 e. The Bertz CT molecular complexity index is 328. The first kappa shape index (κ1) is 13.3. The monoisotopic (exact) mass is 244 g/mol. The summed E-state index contributed by atoms with van der Waals surface area (Å²) < 4.78 is 0. The van der Waals surface area contributed by atoms with Crippen molar-refractivity contribution in [2.45, 2.75) is 6.54 Å². The van der Waals surface area contributed by atoms with E-state index in [0.717, 1.165) is 5.56 Å². The lowest BCUT2D eigenvalue weighted by molar-refractivity contribution is 0.156. The van der Waals surface area contributed by atoms with Gasteiger partial charge in [0.05, 0.1) is 23.9 Å². The van der Waals surface area contributed by atoms with Gasteiger partial charge in [0.1, 0.15) is 0 Å². The molecule has 0 amide bonds. The maximum Gasteiger partial charge on any atom is 0.0635 e. The zero-order chi connectivity index (χ0) is 12.0. The first-order valence-electron chi connectivity index (χ1n) is 5.15. The molecule has 4 nitrogen and oxygen atoms in total. The van der Waals surface area contributed by atoms with Crippen LogP contribution < -0.4 is 5.73 Å². The van der Waals surface area contributed by atoms with E-state index < -0.39 is 0 Å². The van der Waals surface area contributed by atoms with Gasteiger partial charge in [-0.3, -0.25) is 4.90 Å². The highest BCUT2D eigenvalue weighted by atomic mass is 35.5. The van der Waals surface area contributed by atoms with E-state index in [4.69, 9.17) is 27.5 Å². The van der Waals surface area contributed by atoms with Crippen molar-refractivity contribution in [3.63, 3.8) is 0 Å². The minimum absolute atomic E-state index is 0.0725. The lowest BCUT2D eigenvalue weighted by atomic mass is 10.2. The summed E-state index contributed by atoms with van der Waals surface area (Å²) in [4.78, 5) is 1.95. The SMILES string of the molecule is Nc1cc(CN(CCO)CCO)ccc1Cl. The van der Waals surface area contributed by atoms with E-state index in [2.05, 4.69) is 0 Å². The molecule has 0 atom stereocenters. The van der Waals surface area contributed by atoms with Crippen molar-refractivity contribution in [2.24, 2.45) is 0 Å². The number of nitrogens with zero attached hydrogens (tertiary/aromatic N) is 1. The molecule has 16 heavy (non-hydrogen) atoms. The summed E-state index contributed by atoms with van der Waals surface area (Å²) in [7, 11) is 0. The van der Waals surface area contributed by atoms with Gasteiger partial charge in [0.25, 0.3) is 0 Å². The molecule has 0 aliphatic rings. The smallest absolute Gasteiger partial charge is 0.0635 e.